The monoisotopic (exact) mass is 301 g/mol. The number of nitrogens with one attached hydrogen (secondary N) is 1. The molecule has 0 aliphatic carbocycles. The lowest BCUT2D eigenvalue weighted by atomic mass is 9.96. The molecule has 110 valence electrons. The van der Waals surface area contributed by atoms with Gasteiger partial charge in [-0.25, -0.2) is 4.39 Å². The molecular formula is C13H17ClFN3O2. The fourth-order valence-electron chi connectivity index (χ4n) is 2.59. The molecule has 0 atom stereocenters. The zero-order valence-electron chi connectivity index (χ0n) is 11.2. The minimum absolute atomic E-state index is 0.136. The second kappa shape index (κ2) is 6.37. The summed E-state index contributed by atoms with van der Waals surface area (Å²) in [6.07, 6.45) is 1.87. The van der Waals surface area contributed by atoms with Crippen molar-refractivity contribution in [2.75, 3.05) is 31.6 Å². The molecule has 1 fully saturated rings. The van der Waals surface area contributed by atoms with Crippen LogP contribution in [-0.2, 0) is 0 Å². The molecule has 1 aliphatic heterocycles. The van der Waals surface area contributed by atoms with Crippen LogP contribution in [0.25, 0.3) is 0 Å². The molecule has 1 saturated heterocycles. The van der Waals surface area contributed by atoms with Gasteiger partial charge in [0.05, 0.1) is 9.95 Å². The highest BCUT2D eigenvalue weighted by Gasteiger charge is 2.26. The van der Waals surface area contributed by atoms with Crippen LogP contribution in [0.2, 0.25) is 5.02 Å². The molecule has 0 spiro atoms. The lowest BCUT2D eigenvalue weighted by Crippen LogP contribution is -2.37. The maximum absolute atomic E-state index is 13.6. The summed E-state index contributed by atoms with van der Waals surface area (Å²) in [4.78, 5) is 12.4. The number of nitrogens with zero attached hydrogens (tertiary/aromatic N) is 2. The van der Waals surface area contributed by atoms with Crippen LogP contribution in [0.3, 0.4) is 0 Å². The Labute approximate surface area is 121 Å². The van der Waals surface area contributed by atoms with E-state index in [1.54, 1.807) is 0 Å². The van der Waals surface area contributed by atoms with Crippen LogP contribution in [-0.4, -0.2) is 31.6 Å². The molecule has 5 nitrogen and oxygen atoms in total. The summed E-state index contributed by atoms with van der Waals surface area (Å²) in [7, 11) is 1.91. The van der Waals surface area contributed by atoms with E-state index in [2.05, 4.69) is 5.32 Å². The second-order valence-electron chi connectivity index (χ2n) is 5.00. The molecule has 1 aromatic carbocycles. The Morgan fingerprint density at radius 3 is 2.70 bits per heavy atom. The van der Waals surface area contributed by atoms with Crippen molar-refractivity contribution in [2.24, 2.45) is 5.92 Å². The number of benzene rings is 1. The highest BCUT2D eigenvalue weighted by atomic mass is 35.5. The number of rotatable bonds is 4. The Morgan fingerprint density at radius 2 is 2.15 bits per heavy atom. The first-order valence-electron chi connectivity index (χ1n) is 6.56. The first kappa shape index (κ1) is 15.0. The van der Waals surface area contributed by atoms with Crippen LogP contribution in [0, 0.1) is 21.8 Å². The van der Waals surface area contributed by atoms with Gasteiger partial charge in [-0.2, -0.15) is 0 Å². The van der Waals surface area contributed by atoms with Gasteiger partial charge in [0, 0.05) is 25.2 Å². The first-order chi connectivity index (χ1) is 9.52. The largest absolute Gasteiger partial charge is 0.366 e. The van der Waals surface area contributed by atoms with Crippen LogP contribution in [0.4, 0.5) is 15.8 Å². The van der Waals surface area contributed by atoms with Crippen LogP contribution >= 0.6 is 11.6 Å². The number of anilines is 1. The zero-order valence-corrected chi connectivity index (χ0v) is 12.0. The van der Waals surface area contributed by atoms with E-state index in [9.17, 15) is 14.5 Å². The van der Waals surface area contributed by atoms with Gasteiger partial charge in [0.15, 0.2) is 0 Å². The Balaban J connectivity index is 2.21. The predicted octanol–water partition coefficient (Wildman–Crippen LogP) is 2.82. The first-order valence-corrected chi connectivity index (χ1v) is 6.93. The molecule has 0 saturated carbocycles. The fraction of sp³-hybridized carbons (Fsp3) is 0.538. The van der Waals surface area contributed by atoms with Crippen LogP contribution < -0.4 is 10.2 Å². The molecule has 0 unspecified atom stereocenters. The van der Waals surface area contributed by atoms with Gasteiger partial charge in [-0.3, -0.25) is 10.1 Å². The Kier molecular flexibility index (Phi) is 4.77. The van der Waals surface area contributed by atoms with Gasteiger partial charge in [0.1, 0.15) is 11.5 Å². The van der Waals surface area contributed by atoms with Gasteiger partial charge in [0.2, 0.25) is 0 Å². The topological polar surface area (TPSA) is 58.4 Å². The quantitative estimate of drug-likeness (QED) is 0.686. The number of nitro groups is 1. The lowest BCUT2D eigenvalue weighted by molar-refractivity contribution is -0.384. The molecule has 0 aromatic heterocycles. The predicted molar refractivity (Wildman–Crippen MR) is 76.9 cm³/mol. The van der Waals surface area contributed by atoms with Gasteiger partial charge in [-0.1, -0.05) is 11.6 Å². The van der Waals surface area contributed by atoms with E-state index < -0.39 is 10.7 Å². The van der Waals surface area contributed by atoms with Gasteiger partial charge < -0.3 is 10.2 Å². The zero-order chi connectivity index (χ0) is 14.7. The van der Waals surface area contributed by atoms with Gasteiger partial charge in [-0.15, -0.1) is 0 Å². The molecule has 1 heterocycles. The van der Waals surface area contributed by atoms with E-state index in [0.29, 0.717) is 24.7 Å². The summed E-state index contributed by atoms with van der Waals surface area (Å²) in [6.45, 7) is 2.31. The van der Waals surface area contributed by atoms with E-state index in [1.165, 1.54) is 6.07 Å². The van der Waals surface area contributed by atoms with Crippen molar-refractivity contribution in [1.82, 2.24) is 5.32 Å². The highest BCUT2D eigenvalue weighted by Crippen LogP contribution is 2.35. The molecule has 1 aliphatic rings. The second-order valence-corrected chi connectivity index (χ2v) is 5.41. The Bertz CT molecular complexity index is 505. The molecule has 7 heteroatoms. The molecule has 1 aromatic rings. The maximum Gasteiger partial charge on any atom is 0.294 e. The van der Waals surface area contributed by atoms with Gasteiger partial charge in [-0.05, 0) is 32.4 Å². The summed E-state index contributed by atoms with van der Waals surface area (Å²) in [5, 5.41) is 14.0. The minimum atomic E-state index is -0.621. The van der Waals surface area contributed by atoms with Crippen molar-refractivity contribution in [1.29, 1.82) is 0 Å². The molecule has 0 radical (unpaired) electrons. The summed E-state index contributed by atoms with van der Waals surface area (Å²) in [6, 6.07) is 2.25. The van der Waals surface area contributed by atoms with Crippen molar-refractivity contribution in [3.63, 3.8) is 0 Å². The Hall–Kier alpha value is -1.40. The summed E-state index contributed by atoms with van der Waals surface area (Å²) < 4.78 is 13.6. The summed E-state index contributed by atoms with van der Waals surface area (Å²) in [5.41, 5.74) is 0.184. The lowest BCUT2D eigenvalue weighted by Gasteiger charge is -2.33. The molecule has 1 N–H and O–H groups in total. The van der Waals surface area contributed by atoms with E-state index >= 15 is 0 Å². The average Bonchev–Trinajstić information content (AvgIpc) is 2.42. The van der Waals surface area contributed by atoms with Crippen molar-refractivity contribution in [2.45, 2.75) is 12.8 Å². The highest BCUT2D eigenvalue weighted by molar-refractivity contribution is 6.31. The number of hydrogen-bond acceptors (Lipinski definition) is 4. The number of halogens is 2. The normalized spacial score (nSPS) is 16.4. The molecular weight excluding hydrogens is 285 g/mol. The van der Waals surface area contributed by atoms with Crippen molar-refractivity contribution in [3.05, 3.63) is 33.1 Å². The van der Waals surface area contributed by atoms with Crippen molar-refractivity contribution in [3.8, 4) is 0 Å². The van der Waals surface area contributed by atoms with E-state index in [-0.39, 0.29) is 10.7 Å². The van der Waals surface area contributed by atoms with Gasteiger partial charge in [0.25, 0.3) is 5.69 Å². The van der Waals surface area contributed by atoms with E-state index in [4.69, 9.17) is 11.6 Å². The third-order valence-electron chi connectivity index (χ3n) is 3.66. The third-order valence-corrected chi connectivity index (χ3v) is 3.95. The van der Waals surface area contributed by atoms with Crippen LogP contribution in [0.15, 0.2) is 12.1 Å². The molecule has 2 rings (SSSR count). The van der Waals surface area contributed by atoms with E-state index in [1.807, 2.05) is 11.9 Å². The van der Waals surface area contributed by atoms with Crippen LogP contribution in [0.1, 0.15) is 12.8 Å². The standard InChI is InChI=1S/C13H17ClFN3O2/c1-16-8-9-2-4-17(5-3-9)12-7-11(15)10(14)6-13(12)18(19)20/h6-7,9,16H,2-5,8H2,1H3. The third kappa shape index (κ3) is 3.19. The van der Waals surface area contributed by atoms with Crippen LogP contribution in [0.5, 0.6) is 0 Å². The van der Waals surface area contributed by atoms with E-state index in [0.717, 1.165) is 25.5 Å². The molecule has 0 amide bonds. The number of hydrogen-bond donors (Lipinski definition) is 1. The van der Waals surface area contributed by atoms with Crippen molar-refractivity contribution >= 4 is 23.0 Å². The SMILES string of the molecule is CNCC1CCN(c2cc(F)c(Cl)cc2[N+](=O)[O-])CC1. The smallest absolute Gasteiger partial charge is 0.294 e. The Morgan fingerprint density at radius 1 is 1.50 bits per heavy atom. The summed E-state index contributed by atoms with van der Waals surface area (Å²) in [5.74, 6) is -0.0583. The number of nitro benzene ring substituents is 1. The van der Waals surface area contributed by atoms with Crippen molar-refractivity contribution < 1.29 is 9.31 Å². The minimum Gasteiger partial charge on any atom is -0.366 e. The molecule has 0 bridgehead atoms. The molecule has 20 heavy (non-hydrogen) atoms. The van der Waals surface area contributed by atoms with Gasteiger partial charge >= 0.3 is 0 Å². The number of piperidine rings is 1. The fourth-order valence-corrected chi connectivity index (χ4v) is 2.75. The summed E-state index contributed by atoms with van der Waals surface area (Å²) >= 11 is 5.63. The average molecular weight is 302 g/mol. The maximum atomic E-state index is 13.6.